The number of nitrogens with zero attached hydrogens (tertiary/aromatic N) is 6. The summed E-state index contributed by atoms with van der Waals surface area (Å²) in [6, 6.07) is 22.3. The molecule has 0 spiro atoms. The van der Waals surface area contributed by atoms with Crippen LogP contribution in [0.4, 0.5) is 0 Å². The van der Waals surface area contributed by atoms with Gasteiger partial charge in [-0.15, -0.1) is 0 Å². The number of allylic oxidation sites excluding steroid dienone is 2. The molecule has 0 radical (unpaired) electrons. The van der Waals surface area contributed by atoms with E-state index in [9.17, 15) is 30.6 Å². The number of pyridine rings is 2. The third kappa shape index (κ3) is 7.54. The maximum Gasteiger partial charge on any atom is 0.197 e. The molecule has 8 heteroatoms. The molecule has 8 nitrogen and oxygen atoms in total. The molecule has 2 unspecified atom stereocenters. The van der Waals surface area contributed by atoms with Crippen molar-refractivity contribution in [3.8, 4) is 24.3 Å². The highest BCUT2D eigenvalue weighted by atomic mass is 16.1. The number of rotatable bonds is 14. The third-order valence-corrected chi connectivity index (χ3v) is 10.4. The van der Waals surface area contributed by atoms with Crippen LogP contribution in [0.15, 0.2) is 69.3 Å². The minimum Gasteiger partial charge on any atom is -0.340 e. The van der Waals surface area contributed by atoms with E-state index in [4.69, 9.17) is 0 Å². The summed E-state index contributed by atoms with van der Waals surface area (Å²) in [6.45, 7) is 10.0. The van der Waals surface area contributed by atoms with Crippen LogP contribution in [0.5, 0.6) is 0 Å². The molecule has 3 aromatic carbocycles. The fourth-order valence-electron chi connectivity index (χ4n) is 7.32. The van der Waals surface area contributed by atoms with Crippen molar-refractivity contribution in [3.05, 3.63) is 91.3 Å². The van der Waals surface area contributed by atoms with E-state index in [2.05, 4.69) is 36.8 Å². The average Bonchev–Trinajstić information content (AvgIpc) is 3.18. The monoisotopic (exact) mass is 688 g/mol. The van der Waals surface area contributed by atoms with Crippen molar-refractivity contribution in [2.24, 2.45) is 11.8 Å². The van der Waals surface area contributed by atoms with E-state index < -0.39 is 0 Å². The van der Waals surface area contributed by atoms with Gasteiger partial charge in [-0.25, -0.2) is 0 Å². The molecule has 0 aliphatic carbocycles. The van der Waals surface area contributed by atoms with Gasteiger partial charge in [0.25, 0.3) is 0 Å². The van der Waals surface area contributed by atoms with Crippen LogP contribution < -0.4 is 10.9 Å². The van der Waals surface area contributed by atoms with E-state index in [1.165, 1.54) is 12.2 Å². The van der Waals surface area contributed by atoms with Gasteiger partial charge in [-0.2, -0.15) is 21.0 Å². The second-order valence-corrected chi connectivity index (χ2v) is 13.7. The quantitative estimate of drug-likeness (QED) is 0.0840. The van der Waals surface area contributed by atoms with E-state index >= 15 is 0 Å². The molecule has 0 bridgehead atoms. The van der Waals surface area contributed by atoms with Crippen molar-refractivity contribution in [2.45, 2.75) is 92.2 Å². The highest BCUT2D eigenvalue weighted by Gasteiger charge is 2.20. The predicted molar refractivity (Wildman–Crippen MR) is 210 cm³/mol. The van der Waals surface area contributed by atoms with Gasteiger partial charge >= 0.3 is 0 Å². The summed E-state index contributed by atoms with van der Waals surface area (Å²) in [5, 5.41) is 39.6. The molecule has 0 fully saturated rings. The maximum atomic E-state index is 14.6. The molecule has 0 saturated heterocycles. The molecule has 0 amide bonds. The second kappa shape index (κ2) is 16.8. The number of unbranched alkanes of at least 4 members (excludes halogenated alkanes) is 2. The Kier molecular flexibility index (Phi) is 12.1. The van der Waals surface area contributed by atoms with Gasteiger partial charge in [0.05, 0.1) is 22.1 Å². The number of fused-ring (bicyclic) bond motifs is 4. The molecule has 2 heterocycles. The summed E-state index contributed by atoms with van der Waals surface area (Å²) in [5.41, 5.74) is 3.60. The Balaban J connectivity index is 1.93. The number of hydrogen-bond donors (Lipinski definition) is 0. The summed E-state index contributed by atoms with van der Waals surface area (Å²) in [4.78, 5) is 29.1. The topological polar surface area (TPSA) is 139 Å². The van der Waals surface area contributed by atoms with Crippen molar-refractivity contribution in [3.63, 3.8) is 0 Å². The molecule has 262 valence electrons. The first kappa shape index (κ1) is 37.3. The SMILES string of the molecule is CCCCC(CC)Cn1c2ccc(C=C(C#N)C#N)cc2c(=O)c2cc3c(cc21)c(=O)c1cc(C=C(C#N)C#N)ccc1n3CC(CC)CCCC. The molecule has 2 aromatic heterocycles. The Bertz CT molecular complexity index is 2320. The summed E-state index contributed by atoms with van der Waals surface area (Å²) in [7, 11) is 0. The molecule has 5 aromatic rings. The standard InChI is InChI=1S/C44H44N6O2/c1-5-9-11-29(7-3)27-49-39-15-13-31(17-33(23-45)24-46)19-35(39)43(51)37-22-42-38(21-41(37)49)44(52)36-20-32(18-34(25-47)26-48)14-16-40(36)50(42)28-30(8-4)12-10-6-2/h13-22,29-30H,5-12,27-28H2,1-4H3. The summed E-state index contributed by atoms with van der Waals surface area (Å²) in [5.74, 6) is 0.683. The first-order chi connectivity index (χ1) is 25.2. The van der Waals surface area contributed by atoms with Crippen LogP contribution in [-0.2, 0) is 13.1 Å². The van der Waals surface area contributed by atoms with Gasteiger partial charge < -0.3 is 9.13 Å². The van der Waals surface area contributed by atoms with E-state index in [1.54, 1.807) is 12.1 Å². The van der Waals surface area contributed by atoms with Gasteiger partial charge in [0.2, 0.25) is 0 Å². The highest BCUT2D eigenvalue weighted by Crippen LogP contribution is 2.31. The van der Waals surface area contributed by atoms with Crippen LogP contribution in [0.2, 0.25) is 0 Å². The minimum atomic E-state index is -0.173. The van der Waals surface area contributed by atoms with Crippen LogP contribution >= 0.6 is 0 Å². The van der Waals surface area contributed by atoms with Gasteiger partial charge in [-0.05, 0) is 84.4 Å². The van der Waals surface area contributed by atoms with Gasteiger partial charge in [0, 0.05) is 34.6 Å². The zero-order valence-electron chi connectivity index (χ0n) is 30.5. The van der Waals surface area contributed by atoms with E-state index in [-0.39, 0.29) is 22.0 Å². The fourth-order valence-corrected chi connectivity index (χ4v) is 7.32. The first-order valence-corrected chi connectivity index (χ1v) is 18.4. The first-order valence-electron chi connectivity index (χ1n) is 18.4. The molecule has 52 heavy (non-hydrogen) atoms. The fraction of sp³-hybridized carbons (Fsp3) is 0.364. The largest absolute Gasteiger partial charge is 0.340 e. The summed E-state index contributed by atoms with van der Waals surface area (Å²) >= 11 is 0. The molecule has 2 atom stereocenters. The maximum absolute atomic E-state index is 14.6. The third-order valence-electron chi connectivity index (χ3n) is 10.4. The van der Waals surface area contributed by atoms with Crippen LogP contribution in [0.25, 0.3) is 55.8 Å². The smallest absolute Gasteiger partial charge is 0.197 e. The lowest BCUT2D eigenvalue weighted by Crippen LogP contribution is -2.19. The van der Waals surface area contributed by atoms with Gasteiger partial charge in [0.15, 0.2) is 10.9 Å². The summed E-state index contributed by atoms with van der Waals surface area (Å²) < 4.78 is 4.35. The number of hydrogen-bond acceptors (Lipinski definition) is 6. The molecule has 0 N–H and O–H groups in total. The zero-order valence-corrected chi connectivity index (χ0v) is 30.5. The molecule has 0 aliphatic rings. The number of nitriles is 4. The average molecular weight is 689 g/mol. The van der Waals surface area contributed by atoms with Crippen molar-refractivity contribution in [1.82, 2.24) is 9.13 Å². The Morgan fingerprint density at radius 1 is 0.577 bits per heavy atom. The van der Waals surface area contributed by atoms with Crippen molar-refractivity contribution in [1.29, 1.82) is 21.0 Å². The van der Waals surface area contributed by atoms with E-state index in [1.807, 2.05) is 60.7 Å². The molecular weight excluding hydrogens is 645 g/mol. The van der Waals surface area contributed by atoms with Crippen LogP contribution in [0.1, 0.15) is 90.2 Å². The Morgan fingerprint density at radius 2 is 0.942 bits per heavy atom. The van der Waals surface area contributed by atoms with E-state index in [0.717, 1.165) is 62.4 Å². The van der Waals surface area contributed by atoms with Crippen LogP contribution in [-0.4, -0.2) is 9.13 Å². The second-order valence-electron chi connectivity index (χ2n) is 13.7. The lowest BCUT2D eigenvalue weighted by molar-refractivity contribution is 0.400. The molecule has 0 saturated carbocycles. The van der Waals surface area contributed by atoms with E-state index in [0.29, 0.717) is 68.6 Å². The minimum absolute atomic E-state index is 0.0448. The Morgan fingerprint density at radius 3 is 1.27 bits per heavy atom. The van der Waals surface area contributed by atoms with Crippen LogP contribution in [0.3, 0.4) is 0 Å². The van der Waals surface area contributed by atoms with Crippen molar-refractivity contribution < 1.29 is 0 Å². The molecular formula is C44H44N6O2. The highest BCUT2D eigenvalue weighted by molar-refractivity contribution is 6.04. The lowest BCUT2D eigenvalue weighted by Gasteiger charge is -2.24. The van der Waals surface area contributed by atoms with Crippen LogP contribution in [0, 0.1) is 57.2 Å². The van der Waals surface area contributed by atoms with Crippen molar-refractivity contribution in [2.75, 3.05) is 0 Å². The number of benzene rings is 3. The van der Waals surface area contributed by atoms with Gasteiger partial charge in [0.1, 0.15) is 35.4 Å². The predicted octanol–water partition coefficient (Wildman–Crippen LogP) is 9.92. The molecule has 5 rings (SSSR count). The van der Waals surface area contributed by atoms with Gasteiger partial charge in [-0.3, -0.25) is 9.59 Å². The Labute approximate surface area is 304 Å². The normalized spacial score (nSPS) is 12.2. The zero-order chi connectivity index (χ0) is 37.4. The molecule has 0 aliphatic heterocycles. The number of aromatic nitrogens is 2. The lowest BCUT2D eigenvalue weighted by atomic mass is 9.96. The Hall–Kier alpha value is -5.96. The van der Waals surface area contributed by atoms with Crippen molar-refractivity contribution >= 4 is 55.8 Å². The summed E-state index contributed by atoms with van der Waals surface area (Å²) in [6.07, 6.45) is 11.3. The van der Waals surface area contributed by atoms with Gasteiger partial charge in [-0.1, -0.05) is 78.4 Å².